The molecule has 0 aliphatic rings. The van der Waals surface area contributed by atoms with Crippen LogP contribution in [-0.4, -0.2) is 35.6 Å². The van der Waals surface area contributed by atoms with Gasteiger partial charge in [-0.2, -0.15) is 30.4 Å². The number of hydrogen-bond donors (Lipinski definition) is 2. The van der Waals surface area contributed by atoms with Gasteiger partial charge in [0.1, 0.15) is 0 Å². The fourth-order valence-corrected chi connectivity index (χ4v) is 0.747. The van der Waals surface area contributed by atoms with Crippen LogP contribution in [0.3, 0.4) is 0 Å². The molecule has 0 aliphatic carbocycles. The molecule has 0 heterocycles. The molecule has 4 nitrogen and oxygen atoms in total. The molecule has 0 aliphatic heterocycles. The first kappa shape index (κ1) is 16.9. The van der Waals surface area contributed by atoms with E-state index in [1.807, 2.05) is 0 Å². The maximum atomic E-state index is 12.0. The number of alkyl halides is 5. The number of halogens is 5. The van der Waals surface area contributed by atoms with Crippen molar-refractivity contribution >= 4 is 10.1 Å². The zero-order valence-electron chi connectivity index (χ0n) is 7.59. The predicted molar refractivity (Wildman–Crippen MR) is 29.7 cm³/mol. The van der Waals surface area contributed by atoms with E-state index in [0.29, 0.717) is 0 Å². The average molecular weight is 254 g/mol. The predicted octanol–water partition coefficient (Wildman–Crippen LogP) is -2.49. The van der Waals surface area contributed by atoms with E-state index in [2.05, 4.69) is 0 Å². The average Bonchev–Trinajstić information content (AvgIpc) is 1.81. The molecule has 11 heteroatoms. The van der Waals surface area contributed by atoms with Gasteiger partial charge in [-0.15, -0.1) is 0 Å². The topological polar surface area (TPSA) is 74.6 Å². The van der Waals surface area contributed by atoms with E-state index in [0.717, 1.165) is 0 Å². The summed E-state index contributed by atoms with van der Waals surface area (Å²) in [5, 5.41) is 2.17. The first-order valence-electron chi connectivity index (χ1n) is 2.50. The summed E-state index contributed by atoms with van der Waals surface area (Å²) in [6.45, 7) is 0. The first-order chi connectivity index (χ1) is 5.40. The standard InChI is InChI=1S/C3H3F5O4S.Na.H/c4-2(5,6)1(9)3(7,8)13(10,11)12;;/h1,9H,(H,10,11,12);;/q;+1;-1. The summed E-state index contributed by atoms with van der Waals surface area (Å²) in [7, 11) is -6.29. The third-order valence-corrected chi connectivity index (χ3v) is 1.88. The molecule has 0 saturated heterocycles. The van der Waals surface area contributed by atoms with Gasteiger partial charge < -0.3 is 6.53 Å². The molecule has 0 radical (unpaired) electrons. The molecule has 0 rings (SSSR count). The summed E-state index contributed by atoms with van der Waals surface area (Å²) >= 11 is 0. The van der Waals surface area contributed by atoms with Crippen LogP contribution in [0, 0.1) is 0 Å². The van der Waals surface area contributed by atoms with E-state index in [1.54, 1.807) is 0 Å². The summed E-state index contributed by atoms with van der Waals surface area (Å²) in [6.07, 6.45) is -10.3. The largest absolute Gasteiger partial charge is 1.00 e. The van der Waals surface area contributed by atoms with Crippen LogP contribution < -0.4 is 29.6 Å². The minimum absolute atomic E-state index is 0. The smallest absolute Gasteiger partial charge is 1.00 e. The van der Waals surface area contributed by atoms with Crippen molar-refractivity contribution in [1.29, 1.82) is 0 Å². The van der Waals surface area contributed by atoms with E-state index >= 15 is 0 Å². The van der Waals surface area contributed by atoms with Gasteiger partial charge in [0.05, 0.1) is 0 Å². The molecular formula is C3H4F5NaO4S. The van der Waals surface area contributed by atoms with E-state index in [-0.39, 0.29) is 31.0 Å². The third kappa shape index (κ3) is 3.59. The molecule has 2 N–H and O–H groups in total. The van der Waals surface area contributed by atoms with Gasteiger partial charge in [-0.3, -0.25) is 4.55 Å². The molecule has 0 aromatic carbocycles. The Morgan fingerprint density at radius 3 is 1.50 bits per heavy atom. The fraction of sp³-hybridized carbons (Fsp3) is 1.00. The van der Waals surface area contributed by atoms with E-state index in [4.69, 9.17) is 9.66 Å². The van der Waals surface area contributed by atoms with Crippen molar-refractivity contribution in [3.05, 3.63) is 0 Å². The maximum Gasteiger partial charge on any atom is 1.00 e. The van der Waals surface area contributed by atoms with Crippen LogP contribution in [0.25, 0.3) is 0 Å². The van der Waals surface area contributed by atoms with Crippen molar-refractivity contribution in [2.45, 2.75) is 17.5 Å². The van der Waals surface area contributed by atoms with Crippen molar-refractivity contribution < 1.29 is 71.0 Å². The molecule has 0 saturated carbocycles. The Bertz CT molecular complexity index is 289. The molecule has 0 aromatic heterocycles. The minimum atomic E-state index is -6.29. The summed E-state index contributed by atoms with van der Waals surface area (Å²) in [6, 6.07) is 0. The second-order valence-corrected chi connectivity index (χ2v) is 3.48. The van der Waals surface area contributed by atoms with Crippen molar-refractivity contribution in [3.8, 4) is 0 Å². The molecule has 1 atom stereocenters. The Morgan fingerprint density at radius 2 is 1.43 bits per heavy atom. The van der Waals surface area contributed by atoms with Gasteiger partial charge >= 0.3 is 51.1 Å². The van der Waals surface area contributed by atoms with Crippen LogP contribution in [0.5, 0.6) is 0 Å². The molecule has 0 aromatic rings. The monoisotopic (exact) mass is 254 g/mol. The van der Waals surface area contributed by atoms with Gasteiger partial charge in [0, 0.05) is 0 Å². The normalized spacial score (nSPS) is 15.9. The van der Waals surface area contributed by atoms with E-state index < -0.39 is 27.7 Å². The van der Waals surface area contributed by atoms with Crippen LogP contribution >= 0.6 is 0 Å². The number of aliphatic hydroxyl groups excluding tert-OH is 1. The summed E-state index contributed by atoms with van der Waals surface area (Å²) in [4.78, 5) is 0. The van der Waals surface area contributed by atoms with Crippen molar-refractivity contribution in [1.82, 2.24) is 0 Å². The second-order valence-electron chi connectivity index (χ2n) is 1.98. The Kier molecular flexibility index (Phi) is 5.53. The van der Waals surface area contributed by atoms with Crippen LogP contribution in [0.1, 0.15) is 1.43 Å². The minimum Gasteiger partial charge on any atom is -1.00 e. The quantitative estimate of drug-likeness (QED) is 0.325. The zero-order valence-corrected chi connectivity index (χ0v) is 9.40. The molecule has 14 heavy (non-hydrogen) atoms. The van der Waals surface area contributed by atoms with Gasteiger partial charge in [-0.1, -0.05) is 0 Å². The Balaban J connectivity index is -0.000000720. The second kappa shape index (κ2) is 4.58. The summed E-state index contributed by atoms with van der Waals surface area (Å²) < 4.78 is 85.1. The van der Waals surface area contributed by atoms with Crippen molar-refractivity contribution in [2.24, 2.45) is 0 Å². The maximum absolute atomic E-state index is 12.0. The Morgan fingerprint density at radius 1 is 1.14 bits per heavy atom. The van der Waals surface area contributed by atoms with Crippen molar-refractivity contribution in [3.63, 3.8) is 0 Å². The van der Waals surface area contributed by atoms with Gasteiger partial charge in [0.2, 0.25) is 6.10 Å². The van der Waals surface area contributed by atoms with Gasteiger partial charge in [0.15, 0.2) is 0 Å². The van der Waals surface area contributed by atoms with Gasteiger partial charge in [-0.05, 0) is 0 Å². The van der Waals surface area contributed by atoms with Gasteiger partial charge in [0.25, 0.3) is 0 Å². The summed E-state index contributed by atoms with van der Waals surface area (Å²) in [5.74, 6) is 0. The Labute approximate surface area is 98.6 Å². The molecule has 0 spiro atoms. The van der Waals surface area contributed by atoms with Crippen LogP contribution in [0.2, 0.25) is 0 Å². The first-order valence-corrected chi connectivity index (χ1v) is 3.94. The number of hydrogen-bond acceptors (Lipinski definition) is 3. The van der Waals surface area contributed by atoms with E-state index in [9.17, 15) is 30.4 Å². The molecule has 0 amide bonds. The number of aliphatic hydroxyl groups is 1. The zero-order chi connectivity index (χ0) is 11.1. The molecule has 0 bridgehead atoms. The Hall–Kier alpha value is 0.520. The van der Waals surface area contributed by atoms with Gasteiger partial charge in [-0.25, -0.2) is 0 Å². The molecule has 0 fully saturated rings. The SMILES string of the molecule is O=S(=O)(O)C(F)(F)C(O)C(F)(F)F.[H-].[Na+]. The third-order valence-electron chi connectivity index (χ3n) is 0.972. The van der Waals surface area contributed by atoms with Crippen molar-refractivity contribution in [2.75, 3.05) is 0 Å². The molecule has 82 valence electrons. The summed E-state index contributed by atoms with van der Waals surface area (Å²) in [5.41, 5.74) is 0. The molecular weight excluding hydrogens is 250 g/mol. The van der Waals surface area contributed by atoms with Crippen LogP contribution in [-0.2, 0) is 10.1 Å². The van der Waals surface area contributed by atoms with E-state index in [1.165, 1.54) is 0 Å². The van der Waals surface area contributed by atoms with Crippen LogP contribution in [0.15, 0.2) is 0 Å². The fourth-order valence-electron chi connectivity index (χ4n) is 0.332. The van der Waals surface area contributed by atoms with Crippen LogP contribution in [0.4, 0.5) is 22.0 Å². The molecule has 1 unspecified atom stereocenters. The number of rotatable bonds is 2.